The van der Waals surface area contributed by atoms with Gasteiger partial charge in [0.15, 0.2) is 5.78 Å². The Hall–Kier alpha value is -2.96. The summed E-state index contributed by atoms with van der Waals surface area (Å²) >= 11 is 0. The van der Waals surface area contributed by atoms with Crippen LogP contribution in [0.5, 0.6) is 0 Å². The first-order valence-corrected chi connectivity index (χ1v) is 7.70. The molecule has 2 aliphatic rings. The second kappa shape index (κ2) is 4.52. The van der Waals surface area contributed by atoms with Crippen LogP contribution in [0.2, 0.25) is 0 Å². The van der Waals surface area contributed by atoms with Crippen molar-refractivity contribution >= 4 is 22.6 Å². The third-order valence-corrected chi connectivity index (χ3v) is 4.58. The van der Waals surface area contributed by atoms with Crippen LogP contribution >= 0.6 is 0 Å². The molecule has 1 aliphatic heterocycles. The number of nitrogens with one attached hydrogen (secondary N) is 2. The number of allylic oxidation sites excluding steroid dienone is 2. The number of carbonyl (C=O) groups is 1. The van der Waals surface area contributed by atoms with Crippen LogP contribution in [0.15, 0.2) is 41.6 Å². The number of aromatic amines is 1. The molecule has 114 valence electrons. The summed E-state index contributed by atoms with van der Waals surface area (Å²) < 4.78 is 1.69. The maximum atomic E-state index is 12.6. The van der Waals surface area contributed by atoms with Crippen molar-refractivity contribution in [1.82, 2.24) is 25.2 Å². The van der Waals surface area contributed by atoms with Crippen LogP contribution in [-0.4, -0.2) is 31.0 Å². The number of carbonyl (C=O) groups excluding carboxylic acids is 1. The summed E-state index contributed by atoms with van der Waals surface area (Å²) in [6, 6.07) is 9.85. The molecule has 7 heteroatoms. The highest BCUT2D eigenvalue weighted by Gasteiger charge is 2.37. The Morgan fingerprint density at radius 3 is 3.04 bits per heavy atom. The lowest BCUT2D eigenvalue weighted by Crippen LogP contribution is -2.31. The molecular formula is C16H14N6O. The lowest BCUT2D eigenvalue weighted by molar-refractivity contribution is -0.116. The molecule has 0 fully saturated rings. The van der Waals surface area contributed by atoms with Crippen LogP contribution in [0, 0.1) is 0 Å². The third-order valence-electron chi connectivity index (χ3n) is 4.58. The van der Waals surface area contributed by atoms with Crippen LogP contribution in [0.4, 0.5) is 5.95 Å². The summed E-state index contributed by atoms with van der Waals surface area (Å²) in [6.45, 7) is 0. The predicted octanol–water partition coefficient (Wildman–Crippen LogP) is 2.18. The number of Topliss-reactive ketones (excluding diaryl/α,β-unsaturated/α-hetero) is 1. The van der Waals surface area contributed by atoms with Crippen molar-refractivity contribution < 1.29 is 4.79 Å². The normalized spacial score (nSPS) is 20.3. The lowest BCUT2D eigenvalue weighted by atomic mass is 9.87. The van der Waals surface area contributed by atoms with Crippen LogP contribution < -0.4 is 5.32 Å². The first kappa shape index (κ1) is 12.6. The van der Waals surface area contributed by atoms with Gasteiger partial charge in [-0.2, -0.15) is 4.68 Å². The third kappa shape index (κ3) is 1.76. The number of ketones is 1. The highest BCUT2D eigenvalue weighted by molar-refractivity contribution is 5.99. The Bertz CT molecular complexity index is 933. The van der Waals surface area contributed by atoms with Crippen molar-refractivity contribution in [2.24, 2.45) is 0 Å². The van der Waals surface area contributed by atoms with E-state index in [-0.39, 0.29) is 11.8 Å². The molecule has 2 aromatic heterocycles. The van der Waals surface area contributed by atoms with E-state index in [2.05, 4.69) is 38.0 Å². The molecule has 1 aromatic carbocycles. The Morgan fingerprint density at radius 1 is 1.22 bits per heavy atom. The zero-order valence-corrected chi connectivity index (χ0v) is 12.3. The molecule has 0 radical (unpaired) electrons. The second-order valence-electron chi connectivity index (χ2n) is 5.96. The van der Waals surface area contributed by atoms with E-state index in [1.54, 1.807) is 4.68 Å². The number of aromatic nitrogens is 5. The molecule has 1 atom stereocenters. The van der Waals surface area contributed by atoms with Gasteiger partial charge < -0.3 is 10.3 Å². The van der Waals surface area contributed by atoms with Gasteiger partial charge in [-0.15, -0.1) is 0 Å². The lowest BCUT2D eigenvalue weighted by Gasteiger charge is -2.30. The van der Waals surface area contributed by atoms with E-state index in [0.29, 0.717) is 12.4 Å². The Labute approximate surface area is 131 Å². The van der Waals surface area contributed by atoms with E-state index in [4.69, 9.17) is 0 Å². The van der Waals surface area contributed by atoms with Gasteiger partial charge in [-0.1, -0.05) is 23.3 Å². The van der Waals surface area contributed by atoms with E-state index in [9.17, 15) is 4.79 Å². The van der Waals surface area contributed by atoms with E-state index in [1.165, 1.54) is 0 Å². The van der Waals surface area contributed by atoms with Gasteiger partial charge in [0.2, 0.25) is 5.95 Å². The van der Waals surface area contributed by atoms with Crippen molar-refractivity contribution in [2.45, 2.75) is 25.3 Å². The molecular weight excluding hydrogens is 292 g/mol. The van der Waals surface area contributed by atoms with Gasteiger partial charge in [-0.3, -0.25) is 4.79 Å². The zero-order chi connectivity index (χ0) is 15.4. The minimum absolute atomic E-state index is 0.170. The molecule has 5 rings (SSSR count). The van der Waals surface area contributed by atoms with Gasteiger partial charge in [-0.05, 0) is 40.8 Å². The van der Waals surface area contributed by atoms with Gasteiger partial charge in [0.1, 0.15) is 6.04 Å². The summed E-state index contributed by atoms with van der Waals surface area (Å²) in [7, 11) is 0. The molecule has 0 saturated carbocycles. The molecule has 0 saturated heterocycles. The Kier molecular flexibility index (Phi) is 2.47. The molecule has 7 nitrogen and oxygen atoms in total. The number of H-pyrrole nitrogens is 1. The Morgan fingerprint density at radius 2 is 2.13 bits per heavy atom. The maximum Gasteiger partial charge on any atom is 0.248 e. The zero-order valence-electron chi connectivity index (χ0n) is 12.3. The number of tetrazole rings is 1. The second-order valence-corrected chi connectivity index (χ2v) is 5.96. The maximum absolute atomic E-state index is 12.6. The average Bonchev–Trinajstić information content (AvgIpc) is 3.19. The fourth-order valence-electron chi connectivity index (χ4n) is 3.55. The van der Waals surface area contributed by atoms with E-state index < -0.39 is 0 Å². The largest absolute Gasteiger partial charge is 0.356 e. The van der Waals surface area contributed by atoms with Gasteiger partial charge >= 0.3 is 0 Å². The van der Waals surface area contributed by atoms with Crippen LogP contribution in [0.3, 0.4) is 0 Å². The SMILES string of the molecule is O=C1CCCC2=C1C(c1cc3ccccc3[nH]1)n1nnnc1N2. The van der Waals surface area contributed by atoms with Crippen LogP contribution in [0.1, 0.15) is 31.0 Å². The standard InChI is InChI=1S/C16H14N6O/c23-13-7-3-6-11-14(13)15(22-16(18-11)19-20-21-22)12-8-9-4-1-2-5-10(9)17-12/h1-2,4-5,8,15,17H,3,6-7H2,(H,18,19,21). The number of benzene rings is 1. The first-order valence-electron chi connectivity index (χ1n) is 7.70. The van der Waals surface area contributed by atoms with Crippen LogP contribution in [0.25, 0.3) is 10.9 Å². The van der Waals surface area contributed by atoms with Crippen molar-refractivity contribution in [1.29, 1.82) is 0 Å². The minimum atomic E-state index is -0.295. The fraction of sp³-hybridized carbons (Fsp3) is 0.250. The summed E-state index contributed by atoms with van der Waals surface area (Å²) in [5.41, 5.74) is 3.71. The average molecular weight is 306 g/mol. The number of fused-ring (bicyclic) bond motifs is 2. The smallest absolute Gasteiger partial charge is 0.248 e. The summed E-state index contributed by atoms with van der Waals surface area (Å²) in [6.07, 6.45) is 2.30. The van der Waals surface area contributed by atoms with Gasteiger partial charge in [-0.25, -0.2) is 0 Å². The highest BCUT2D eigenvalue weighted by atomic mass is 16.1. The molecule has 1 aliphatic carbocycles. The van der Waals surface area contributed by atoms with Crippen molar-refractivity contribution in [3.05, 3.63) is 47.3 Å². The van der Waals surface area contributed by atoms with E-state index in [0.717, 1.165) is 40.7 Å². The van der Waals surface area contributed by atoms with Crippen LogP contribution in [-0.2, 0) is 4.79 Å². The molecule has 3 aromatic rings. The highest BCUT2D eigenvalue weighted by Crippen LogP contribution is 2.39. The summed E-state index contributed by atoms with van der Waals surface area (Å²) in [5, 5.41) is 16.2. The molecule has 1 unspecified atom stereocenters. The Balaban J connectivity index is 1.75. The van der Waals surface area contributed by atoms with Gasteiger partial charge in [0.05, 0.1) is 0 Å². The number of rotatable bonds is 1. The molecule has 0 amide bonds. The molecule has 0 bridgehead atoms. The molecule has 3 heterocycles. The molecule has 2 N–H and O–H groups in total. The molecule has 23 heavy (non-hydrogen) atoms. The minimum Gasteiger partial charge on any atom is -0.356 e. The number of hydrogen-bond acceptors (Lipinski definition) is 5. The topological polar surface area (TPSA) is 88.5 Å². The predicted molar refractivity (Wildman–Crippen MR) is 83.8 cm³/mol. The number of hydrogen-bond donors (Lipinski definition) is 2. The number of nitrogens with zero attached hydrogens (tertiary/aromatic N) is 4. The summed E-state index contributed by atoms with van der Waals surface area (Å²) in [5.74, 6) is 0.755. The van der Waals surface area contributed by atoms with E-state index in [1.807, 2.05) is 18.2 Å². The van der Waals surface area contributed by atoms with E-state index >= 15 is 0 Å². The van der Waals surface area contributed by atoms with Gasteiger partial charge in [0.25, 0.3) is 0 Å². The summed E-state index contributed by atoms with van der Waals surface area (Å²) in [4.78, 5) is 16.0. The number of anilines is 1. The number of para-hydroxylation sites is 1. The van der Waals surface area contributed by atoms with Crippen molar-refractivity contribution in [3.8, 4) is 0 Å². The van der Waals surface area contributed by atoms with Crippen molar-refractivity contribution in [3.63, 3.8) is 0 Å². The fourth-order valence-corrected chi connectivity index (χ4v) is 3.55. The molecule has 0 spiro atoms. The quantitative estimate of drug-likeness (QED) is 0.719. The monoisotopic (exact) mass is 306 g/mol. The first-order chi connectivity index (χ1) is 11.3. The van der Waals surface area contributed by atoms with Crippen molar-refractivity contribution in [2.75, 3.05) is 5.32 Å². The van der Waals surface area contributed by atoms with Gasteiger partial charge in [0, 0.05) is 28.9 Å².